The molecule has 1 amide bonds. The van der Waals surface area contributed by atoms with E-state index in [1.807, 2.05) is 0 Å². The first-order valence-electron chi connectivity index (χ1n) is 20.4. The van der Waals surface area contributed by atoms with E-state index in [-0.39, 0.29) is 44.7 Å². The maximum Gasteiger partial charge on any atom is 0.306 e. The predicted octanol–water partition coefficient (Wildman–Crippen LogP) is 10.4. The maximum absolute atomic E-state index is 12.6. The van der Waals surface area contributed by atoms with Gasteiger partial charge in [0.15, 0.2) is 6.10 Å². The largest absolute Gasteiger partial charge is 0.756 e. The monoisotopic (exact) mass is 751 g/mol. The van der Waals surface area contributed by atoms with Crippen LogP contribution in [0.4, 0.5) is 0 Å². The van der Waals surface area contributed by atoms with Crippen LogP contribution in [0.3, 0.4) is 0 Å². The molecule has 0 aliphatic heterocycles. The van der Waals surface area contributed by atoms with E-state index >= 15 is 0 Å². The summed E-state index contributed by atoms with van der Waals surface area (Å²) in [5, 5.41) is 2.43. The second kappa shape index (κ2) is 38.2. The molecule has 1 unspecified atom stereocenters. The van der Waals surface area contributed by atoms with Gasteiger partial charge >= 0.3 is 11.9 Å². The number of nitrogens with one attached hydrogen (secondary N) is 1. The molecule has 304 valence electrons. The Morgan fingerprint density at radius 2 is 0.941 bits per heavy atom. The summed E-state index contributed by atoms with van der Waals surface area (Å²) in [6.45, 7) is 4.67. The maximum atomic E-state index is 12.6. The van der Waals surface area contributed by atoms with Crippen molar-refractivity contribution in [2.45, 2.75) is 207 Å². The van der Waals surface area contributed by atoms with Crippen LogP contribution in [-0.4, -0.2) is 50.3 Å². The average molecular weight is 751 g/mol. The van der Waals surface area contributed by atoms with E-state index in [2.05, 4.69) is 19.2 Å². The summed E-state index contributed by atoms with van der Waals surface area (Å²) < 4.78 is 32.7. The summed E-state index contributed by atoms with van der Waals surface area (Å²) >= 11 is 0. The van der Waals surface area contributed by atoms with Crippen molar-refractivity contribution in [2.75, 3.05) is 26.4 Å². The number of rotatable bonds is 38. The minimum Gasteiger partial charge on any atom is -0.756 e. The molecule has 0 aromatic rings. The molecule has 5 N–H and O–H groups in total. The molecule has 0 heterocycles. The molecule has 0 aliphatic carbocycles. The Hall–Kier alpha value is -1.52. The number of amides is 1. The fraction of sp³-hybridized carbons (Fsp3) is 0.923. The summed E-state index contributed by atoms with van der Waals surface area (Å²) in [6.07, 6.45) is 30.7. The second-order valence-corrected chi connectivity index (χ2v) is 15.3. The van der Waals surface area contributed by atoms with Crippen LogP contribution in [0.15, 0.2) is 0 Å². The number of hydrogen-bond acceptors (Lipinski definition) is 9. The number of carbonyl (C=O) groups is 3. The molecule has 51 heavy (non-hydrogen) atoms. The van der Waals surface area contributed by atoms with Crippen LogP contribution in [0, 0.1) is 0 Å². The summed E-state index contributed by atoms with van der Waals surface area (Å²) in [5.74, 6) is -1.21. The number of esters is 2. The van der Waals surface area contributed by atoms with Crippen LogP contribution in [0.1, 0.15) is 201 Å². The van der Waals surface area contributed by atoms with Crippen LogP contribution < -0.4 is 16.4 Å². The molecule has 0 fully saturated rings. The smallest absolute Gasteiger partial charge is 0.306 e. The highest BCUT2D eigenvalue weighted by Gasteiger charge is 2.21. The van der Waals surface area contributed by atoms with Gasteiger partial charge in [0.25, 0.3) is 7.82 Å². The molecule has 0 aromatic heterocycles. The Morgan fingerprint density at radius 1 is 0.569 bits per heavy atom. The van der Waals surface area contributed by atoms with Crippen molar-refractivity contribution in [3.63, 3.8) is 0 Å². The number of hydrogen-bond donors (Lipinski definition) is 2. The van der Waals surface area contributed by atoms with Gasteiger partial charge in [-0.25, -0.2) is 0 Å². The lowest BCUT2D eigenvalue weighted by molar-refractivity contribution is -0.228. The van der Waals surface area contributed by atoms with Gasteiger partial charge in [0.05, 0.1) is 13.2 Å². The summed E-state index contributed by atoms with van der Waals surface area (Å²) in [4.78, 5) is 48.1. The lowest BCUT2D eigenvalue weighted by atomic mass is 10.0. The van der Waals surface area contributed by atoms with E-state index in [1.165, 1.54) is 129 Å². The highest BCUT2D eigenvalue weighted by atomic mass is 31.2. The predicted molar refractivity (Wildman–Crippen MR) is 206 cm³/mol. The van der Waals surface area contributed by atoms with Crippen LogP contribution >= 0.6 is 7.82 Å². The van der Waals surface area contributed by atoms with Crippen LogP contribution in [0.2, 0.25) is 0 Å². The molecule has 0 bridgehead atoms. The third-order valence-corrected chi connectivity index (χ3v) is 9.81. The molecule has 0 radical (unpaired) electrons. The quantitative estimate of drug-likeness (QED) is 0.0353. The molecular weight excluding hydrogens is 671 g/mol. The van der Waals surface area contributed by atoms with Crippen molar-refractivity contribution in [3.05, 3.63) is 0 Å². The van der Waals surface area contributed by atoms with Crippen molar-refractivity contribution < 1.29 is 42.4 Å². The zero-order valence-corrected chi connectivity index (χ0v) is 34.2. The van der Waals surface area contributed by atoms with E-state index < -0.39 is 32.5 Å². The van der Waals surface area contributed by atoms with Crippen molar-refractivity contribution in [1.29, 1.82) is 0 Å². The molecule has 0 aromatic carbocycles. The van der Waals surface area contributed by atoms with Crippen molar-refractivity contribution >= 4 is 25.7 Å². The molecule has 0 saturated carbocycles. The molecule has 11 nitrogen and oxygen atoms in total. The first-order valence-corrected chi connectivity index (χ1v) is 21.9. The van der Waals surface area contributed by atoms with E-state index in [1.54, 1.807) is 0 Å². The van der Waals surface area contributed by atoms with Crippen LogP contribution in [0.25, 0.3) is 0 Å². The van der Waals surface area contributed by atoms with Gasteiger partial charge in [-0.15, -0.1) is 0 Å². The van der Waals surface area contributed by atoms with Gasteiger partial charge in [0.1, 0.15) is 6.61 Å². The number of ether oxygens (including phenoxy) is 2. The normalized spacial score (nSPS) is 12.9. The molecule has 0 spiro atoms. The number of quaternary nitrogens is 1. The first-order chi connectivity index (χ1) is 24.2. The van der Waals surface area contributed by atoms with Crippen LogP contribution in [0.5, 0.6) is 0 Å². The Balaban J connectivity index is 0. The topological polar surface area (TPSA) is 177 Å². The van der Waals surface area contributed by atoms with Gasteiger partial charge in [-0.2, -0.15) is 0 Å². The molecule has 12 heteroatoms. The highest BCUT2D eigenvalue weighted by Crippen LogP contribution is 2.38. The van der Waals surface area contributed by atoms with E-state index in [9.17, 15) is 23.8 Å². The molecule has 0 rings (SSSR count). The zero-order valence-electron chi connectivity index (χ0n) is 33.3. The fourth-order valence-electron chi connectivity index (χ4n) is 5.79. The van der Waals surface area contributed by atoms with E-state index in [0.717, 1.165) is 32.1 Å². The summed E-state index contributed by atoms with van der Waals surface area (Å²) in [7, 11) is -4.73. The molecule has 2 atom stereocenters. The lowest BCUT2D eigenvalue weighted by Crippen LogP contribution is -2.30. The summed E-state index contributed by atoms with van der Waals surface area (Å²) in [5.41, 5.74) is 0. The number of unbranched alkanes of at least 4 members (excludes halogenated alkanes) is 24. The Kier molecular flexibility index (Phi) is 38.7. The second-order valence-electron chi connectivity index (χ2n) is 13.8. The van der Waals surface area contributed by atoms with E-state index in [0.29, 0.717) is 12.8 Å². The van der Waals surface area contributed by atoms with E-state index in [4.69, 9.17) is 18.5 Å². The Bertz CT molecular complexity index is 863. The molecule has 0 aliphatic rings. The minimum atomic E-state index is -4.73. The molecular formula is C39H79N2O9P. The van der Waals surface area contributed by atoms with Crippen LogP contribution in [-0.2, 0) is 37.5 Å². The Labute approximate surface area is 312 Å². The number of phosphoric ester groups is 1. The minimum absolute atomic E-state index is 0. The number of phosphoric acid groups is 1. The van der Waals surface area contributed by atoms with Gasteiger partial charge in [0, 0.05) is 26.3 Å². The highest BCUT2D eigenvalue weighted by molar-refractivity contribution is 7.45. The fourth-order valence-corrected chi connectivity index (χ4v) is 6.53. The number of carbonyl (C=O) groups excluding carboxylic acids is 3. The summed E-state index contributed by atoms with van der Waals surface area (Å²) in [6, 6.07) is 0. The first kappa shape index (κ1) is 51.6. The zero-order chi connectivity index (χ0) is 37.0. The molecule has 0 saturated heterocycles. The van der Waals surface area contributed by atoms with Gasteiger partial charge in [-0.1, -0.05) is 168 Å². The third-order valence-electron chi connectivity index (χ3n) is 8.84. The van der Waals surface area contributed by atoms with Gasteiger partial charge in [-0.3, -0.25) is 18.9 Å². The van der Waals surface area contributed by atoms with Gasteiger partial charge in [-0.05, 0) is 12.8 Å². The van der Waals surface area contributed by atoms with Gasteiger partial charge < -0.3 is 34.9 Å². The Morgan fingerprint density at radius 3 is 1.33 bits per heavy atom. The SMILES string of the molecule is CCCCCCCCCCCCCCCC(=O)OC[C@H](COP(=O)([O-])OCCNC(C)=O)OC(=O)CCCCCCCCCCCCCCC.[NH4+]. The van der Waals surface area contributed by atoms with Crippen molar-refractivity contribution in [1.82, 2.24) is 11.5 Å². The standard InChI is InChI=1S/C39H76NO9P.H3N/c1-4-6-8-10-12-14-16-18-20-22-24-26-28-30-38(42)46-34-37(35-48-50(44,45)47-33-32-40-36(3)41)49-39(43)31-29-27-25-23-21-19-17-15-13-11-9-7-5-2;/h37H,4-35H2,1-3H3,(H,40,41)(H,44,45);1H3/t37-;/m1./s1. The van der Waals surface area contributed by atoms with Crippen molar-refractivity contribution in [2.24, 2.45) is 0 Å². The lowest BCUT2D eigenvalue weighted by Gasteiger charge is -2.25. The van der Waals surface area contributed by atoms with Gasteiger partial charge in [0.2, 0.25) is 5.91 Å². The third kappa shape index (κ3) is 39.5. The van der Waals surface area contributed by atoms with Crippen molar-refractivity contribution in [3.8, 4) is 0 Å². The average Bonchev–Trinajstić information content (AvgIpc) is 3.08.